The van der Waals surface area contributed by atoms with E-state index in [-0.39, 0.29) is 0 Å². The van der Waals surface area contributed by atoms with E-state index in [2.05, 4.69) is 15.7 Å². The number of nitrogens with zero attached hydrogens (tertiary/aromatic N) is 1. The zero-order chi connectivity index (χ0) is 10.5. The topological polar surface area (TPSA) is 62.4 Å². The molecule has 0 heterocycles. The molecule has 0 aromatic carbocycles. The zero-order valence-corrected chi connectivity index (χ0v) is 9.34. The summed E-state index contributed by atoms with van der Waals surface area (Å²) in [4.78, 5) is 4.50. The molecular weight excluding hydrogens is 188 g/mol. The Bertz CT molecular complexity index is 215. The summed E-state index contributed by atoms with van der Waals surface area (Å²) in [5.41, 5.74) is 2.68. The molecule has 0 spiro atoms. The third-order valence-corrected chi connectivity index (χ3v) is 3.19. The lowest BCUT2D eigenvalue weighted by molar-refractivity contribution is 0.524. The fourth-order valence-electron chi connectivity index (χ4n) is 2.12. The molecule has 0 aliphatic heterocycles. The number of hydrogen-bond acceptors (Lipinski definition) is 2. The molecule has 0 aromatic heterocycles. The van der Waals surface area contributed by atoms with Crippen LogP contribution in [0.1, 0.15) is 51.4 Å². The highest BCUT2D eigenvalue weighted by Crippen LogP contribution is 2.23. The summed E-state index contributed by atoms with van der Waals surface area (Å²) >= 11 is 0. The van der Waals surface area contributed by atoms with Gasteiger partial charge in [-0.05, 0) is 25.7 Å². The third kappa shape index (κ3) is 3.70. The van der Waals surface area contributed by atoms with Crippen LogP contribution in [0.2, 0.25) is 0 Å². The number of aliphatic imine (C=N–C) groups is 1. The molecule has 0 aromatic rings. The average Bonchev–Trinajstić information content (AvgIpc) is 3.04. The Morgan fingerprint density at radius 1 is 1.00 bits per heavy atom. The van der Waals surface area contributed by atoms with Crippen LogP contribution in [0.25, 0.3) is 0 Å². The second-order valence-electron chi connectivity index (χ2n) is 4.69. The molecule has 4 nitrogen and oxygen atoms in total. The highest BCUT2D eigenvalue weighted by Gasteiger charge is 2.22. The lowest BCUT2D eigenvalue weighted by Gasteiger charge is -2.18. The summed E-state index contributed by atoms with van der Waals surface area (Å²) in [5, 5.41) is 3.43. The molecule has 2 saturated carbocycles. The van der Waals surface area contributed by atoms with Crippen LogP contribution < -0.4 is 16.6 Å². The Morgan fingerprint density at radius 3 is 2.20 bits per heavy atom. The molecule has 0 bridgehead atoms. The number of hydrogen-bond donors (Lipinski definition) is 3. The van der Waals surface area contributed by atoms with Gasteiger partial charge in [0.1, 0.15) is 0 Å². The van der Waals surface area contributed by atoms with Crippen molar-refractivity contribution in [3.63, 3.8) is 0 Å². The molecule has 0 radical (unpaired) electrons. The predicted octanol–water partition coefficient (Wildman–Crippen LogP) is 1.28. The maximum Gasteiger partial charge on any atom is 0.206 e. The second-order valence-corrected chi connectivity index (χ2v) is 4.69. The number of nitrogens with one attached hydrogen (secondary N) is 2. The van der Waals surface area contributed by atoms with E-state index in [0.717, 1.165) is 5.96 Å². The molecule has 2 aliphatic carbocycles. The minimum atomic E-state index is 0.523. The summed E-state index contributed by atoms with van der Waals surface area (Å²) in [6.07, 6.45) is 10.4. The Hall–Kier alpha value is -0.770. The van der Waals surface area contributed by atoms with Crippen molar-refractivity contribution in [2.24, 2.45) is 10.8 Å². The van der Waals surface area contributed by atoms with Gasteiger partial charge in [0.15, 0.2) is 0 Å². The molecule has 2 rings (SSSR count). The van der Waals surface area contributed by atoms with Gasteiger partial charge in [0.2, 0.25) is 5.96 Å². The molecule has 0 atom stereocenters. The minimum Gasteiger partial charge on any atom is -0.353 e. The van der Waals surface area contributed by atoms with E-state index >= 15 is 0 Å². The fourth-order valence-corrected chi connectivity index (χ4v) is 2.12. The minimum absolute atomic E-state index is 0.523. The van der Waals surface area contributed by atoms with Crippen molar-refractivity contribution < 1.29 is 0 Å². The molecule has 4 N–H and O–H groups in total. The summed E-state index contributed by atoms with van der Waals surface area (Å²) in [6.45, 7) is 0. The van der Waals surface area contributed by atoms with Crippen molar-refractivity contribution in [1.82, 2.24) is 10.7 Å². The summed E-state index contributed by atoms with van der Waals surface area (Å²) in [6, 6.07) is 1.09. The Kier molecular flexibility index (Phi) is 3.83. The van der Waals surface area contributed by atoms with Crippen molar-refractivity contribution in [2.45, 2.75) is 63.5 Å². The van der Waals surface area contributed by atoms with E-state index in [1.165, 1.54) is 51.4 Å². The van der Waals surface area contributed by atoms with Crippen LogP contribution in [0.3, 0.4) is 0 Å². The van der Waals surface area contributed by atoms with Gasteiger partial charge >= 0.3 is 0 Å². The Morgan fingerprint density at radius 2 is 1.67 bits per heavy atom. The van der Waals surface area contributed by atoms with Crippen LogP contribution in [-0.2, 0) is 0 Å². The van der Waals surface area contributed by atoms with Gasteiger partial charge in [0.25, 0.3) is 0 Å². The number of nitrogens with two attached hydrogens (primary N) is 1. The van der Waals surface area contributed by atoms with Gasteiger partial charge in [0.05, 0.1) is 6.04 Å². The van der Waals surface area contributed by atoms with Crippen molar-refractivity contribution in [2.75, 3.05) is 0 Å². The van der Waals surface area contributed by atoms with Crippen LogP contribution in [-0.4, -0.2) is 18.0 Å². The van der Waals surface area contributed by atoms with E-state index in [9.17, 15) is 0 Å². The van der Waals surface area contributed by atoms with E-state index in [1.54, 1.807) is 0 Å². The molecular formula is C11H22N4. The number of rotatable bonds is 2. The zero-order valence-electron chi connectivity index (χ0n) is 9.34. The molecule has 0 amide bonds. The predicted molar refractivity (Wildman–Crippen MR) is 62.4 cm³/mol. The maximum atomic E-state index is 5.46. The van der Waals surface area contributed by atoms with E-state index < -0.39 is 0 Å². The van der Waals surface area contributed by atoms with Crippen molar-refractivity contribution in [3.8, 4) is 0 Å². The molecule has 15 heavy (non-hydrogen) atoms. The Labute approximate surface area is 91.7 Å². The van der Waals surface area contributed by atoms with Crippen molar-refractivity contribution in [1.29, 1.82) is 0 Å². The second kappa shape index (κ2) is 5.35. The first-order valence-electron chi connectivity index (χ1n) is 6.19. The highest BCUT2D eigenvalue weighted by atomic mass is 15.3. The van der Waals surface area contributed by atoms with Gasteiger partial charge in [-0.15, -0.1) is 0 Å². The number of guanidine groups is 1. The van der Waals surface area contributed by atoms with Crippen LogP contribution in [0.15, 0.2) is 4.99 Å². The third-order valence-electron chi connectivity index (χ3n) is 3.19. The van der Waals surface area contributed by atoms with Crippen LogP contribution >= 0.6 is 0 Å². The largest absolute Gasteiger partial charge is 0.353 e. The Balaban J connectivity index is 1.81. The van der Waals surface area contributed by atoms with Gasteiger partial charge < -0.3 is 5.32 Å². The fraction of sp³-hybridized carbons (Fsp3) is 0.909. The lowest BCUT2D eigenvalue weighted by Crippen LogP contribution is -2.46. The van der Waals surface area contributed by atoms with Gasteiger partial charge in [-0.2, -0.15) is 0 Å². The number of hydrazine groups is 1. The molecule has 4 heteroatoms. The van der Waals surface area contributed by atoms with Crippen molar-refractivity contribution in [3.05, 3.63) is 0 Å². The van der Waals surface area contributed by atoms with Gasteiger partial charge in [-0.1, -0.05) is 25.7 Å². The smallest absolute Gasteiger partial charge is 0.206 e. The standard InChI is InChI=1S/C11H22N4/c12-15-11(14-10-7-8-10)13-9-5-3-1-2-4-6-9/h9-10H,1-8,12H2,(H2,13,14,15). The van der Waals surface area contributed by atoms with Crippen LogP contribution in [0.5, 0.6) is 0 Å². The summed E-state index contributed by atoms with van der Waals surface area (Å²) in [7, 11) is 0. The first-order chi connectivity index (χ1) is 7.38. The molecule has 0 saturated heterocycles. The average molecular weight is 210 g/mol. The SMILES string of the molecule is NNC(=NC1CC1)NC1CCCCCC1. The molecule has 2 aliphatic rings. The van der Waals surface area contributed by atoms with Crippen LogP contribution in [0, 0.1) is 0 Å². The lowest BCUT2D eigenvalue weighted by atomic mass is 10.1. The summed E-state index contributed by atoms with van der Waals surface area (Å²) in [5.74, 6) is 6.26. The first-order valence-corrected chi connectivity index (χ1v) is 6.19. The summed E-state index contributed by atoms with van der Waals surface area (Å²) < 4.78 is 0. The molecule has 86 valence electrons. The first kappa shape index (κ1) is 10.7. The normalized spacial score (nSPS) is 24.7. The quantitative estimate of drug-likeness (QED) is 0.211. The van der Waals surface area contributed by atoms with Crippen LogP contribution in [0.4, 0.5) is 0 Å². The molecule has 2 fully saturated rings. The van der Waals surface area contributed by atoms with Gasteiger partial charge in [-0.25, -0.2) is 10.8 Å². The van der Waals surface area contributed by atoms with E-state index in [1.807, 2.05) is 0 Å². The van der Waals surface area contributed by atoms with E-state index in [4.69, 9.17) is 5.84 Å². The van der Waals surface area contributed by atoms with E-state index in [0.29, 0.717) is 12.1 Å². The van der Waals surface area contributed by atoms with Gasteiger partial charge in [0, 0.05) is 6.04 Å². The van der Waals surface area contributed by atoms with Gasteiger partial charge in [-0.3, -0.25) is 5.43 Å². The monoisotopic (exact) mass is 210 g/mol. The molecule has 0 unspecified atom stereocenters. The van der Waals surface area contributed by atoms with Crippen molar-refractivity contribution >= 4 is 5.96 Å². The maximum absolute atomic E-state index is 5.46. The highest BCUT2D eigenvalue weighted by molar-refractivity contribution is 5.79.